The van der Waals surface area contributed by atoms with Crippen LogP contribution in [0.4, 0.5) is 5.69 Å². The number of aromatic nitrogens is 2. The predicted molar refractivity (Wildman–Crippen MR) is 114 cm³/mol. The molecule has 0 fully saturated rings. The van der Waals surface area contributed by atoms with Gasteiger partial charge in [-0.25, -0.2) is 4.98 Å². The maximum Gasteiger partial charge on any atom is 0.253 e. The van der Waals surface area contributed by atoms with Crippen molar-refractivity contribution in [3.63, 3.8) is 0 Å². The number of anilines is 1. The number of hydrogen-bond acceptors (Lipinski definition) is 5. The van der Waals surface area contributed by atoms with Crippen molar-refractivity contribution in [3.8, 4) is 0 Å². The molecule has 8 nitrogen and oxygen atoms in total. The summed E-state index contributed by atoms with van der Waals surface area (Å²) in [6.45, 7) is 2.19. The summed E-state index contributed by atoms with van der Waals surface area (Å²) in [5.74, 6) is 0.337. The molecule has 2 heterocycles. The highest BCUT2D eigenvalue weighted by atomic mass is 16.3. The molecular formula is C22H27N5O3. The van der Waals surface area contributed by atoms with Crippen LogP contribution in [-0.2, 0) is 17.9 Å². The number of hydrogen-bond donors (Lipinski definition) is 1. The summed E-state index contributed by atoms with van der Waals surface area (Å²) in [5, 5.41) is 2.83. The average Bonchev–Trinajstić information content (AvgIpc) is 3.45. The Kier molecular flexibility index (Phi) is 7.40. The molecule has 1 N–H and O–H groups in total. The highest BCUT2D eigenvalue weighted by molar-refractivity contribution is 6.04. The molecule has 2 aromatic heterocycles. The fourth-order valence-electron chi connectivity index (χ4n) is 3.13. The number of amides is 2. The molecule has 1 aromatic carbocycles. The van der Waals surface area contributed by atoms with Crippen LogP contribution in [0, 0.1) is 0 Å². The van der Waals surface area contributed by atoms with Crippen LogP contribution in [0.1, 0.15) is 22.5 Å². The van der Waals surface area contributed by atoms with Crippen molar-refractivity contribution in [1.82, 2.24) is 19.8 Å². The molecule has 3 rings (SSSR count). The SMILES string of the molecule is CN(CCCn1ccnc1)CC(=O)N(C)c1ccccc1C(=O)NCc1ccco1. The van der Waals surface area contributed by atoms with Crippen molar-refractivity contribution in [3.05, 3.63) is 72.7 Å². The molecule has 0 radical (unpaired) electrons. The predicted octanol–water partition coefficient (Wildman–Crippen LogP) is 2.39. The van der Waals surface area contributed by atoms with E-state index in [-0.39, 0.29) is 24.9 Å². The number of nitrogens with zero attached hydrogens (tertiary/aromatic N) is 4. The summed E-state index contributed by atoms with van der Waals surface area (Å²) in [4.78, 5) is 33.0. The normalized spacial score (nSPS) is 10.9. The van der Waals surface area contributed by atoms with E-state index >= 15 is 0 Å². The lowest BCUT2D eigenvalue weighted by Crippen LogP contribution is -2.38. The minimum absolute atomic E-state index is 0.0774. The van der Waals surface area contributed by atoms with Gasteiger partial charge >= 0.3 is 0 Å². The lowest BCUT2D eigenvalue weighted by atomic mass is 10.1. The average molecular weight is 409 g/mol. The second-order valence-electron chi connectivity index (χ2n) is 7.12. The molecule has 0 unspecified atom stereocenters. The van der Waals surface area contributed by atoms with Gasteiger partial charge in [-0.1, -0.05) is 12.1 Å². The Balaban J connectivity index is 1.55. The van der Waals surface area contributed by atoms with Crippen LogP contribution < -0.4 is 10.2 Å². The van der Waals surface area contributed by atoms with E-state index in [0.29, 0.717) is 17.0 Å². The second-order valence-corrected chi connectivity index (χ2v) is 7.12. The summed E-state index contributed by atoms with van der Waals surface area (Å²) in [6.07, 6.45) is 7.94. The van der Waals surface area contributed by atoms with Gasteiger partial charge in [0.05, 0.1) is 36.9 Å². The maximum atomic E-state index is 12.8. The second kappa shape index (κ2) is 10.4. The Morgan fingerprint density at radius 1 is 1.17 bits per heavy atom. The zero-order valence-electron chi connectivity index (χ0n) is 17.3. The van der Waals surface area contributed by atoms with Gasteiger partial charge in [-0.15, -0.1) is 0 Å². The first-order valence-electron chi connectivity index (χ1n) is 9.85. The van der Waals surface area contributed by atoms with Crippen LogP contribution in [0.5, 0.6) is 0 Å². The fraction of sp³-hybridized carbons (Fsp3) is 0.318. The summed E-state index contributed by atoms with van der Waals surface area (Å²) in [5.41, 5.74) is 1.02. The van der Waals surface area contributed by atoms with Crippen molar-refractivity contribution in [2.24, 2.45) is 0 Å². The standard InChI is InChI=1S/C22H27N5O3/c1-25(11-6-12-27-13-10-23-17-27)16-21(28)26(2)20-9-4-3-8-19(20)22(29)24-15-18-7-5-14-30-18/h3-5,7-10,13-14,17H,6,11-12,15-16H2,1-2H3,(H,24,29). The third-order valence-corrected chi connectivity index (χ3v) is 4.81. The summed E-state index contributed by atoms with van der Waals surface area (Å²) in [6, 6.07) is 10.7. The molecule has 0 bridgehead atoms. The Morgan fingerprint density at radius 2 is 2.00 bits per heavy atom. The number of nitrogens with one attached hydrogen (secondary N) is 1. The van der Waals surface area contributed by atoms with Gasteiger partial charge in [-0.05, 0) is 37.7 Å². The molecule has 0 aliphatic heterocycles. The Hall–Kier alpha value is -3.39. The van der Waals surface area contributed by atoms with Crippen molar-refractivity contribution >= 4 is 17.5 Å². The first-order valence-corrected chi connectivity index (χ1v) is 9.85. The van der Waals surface area contributed by atoms with Gasteiger partial charge in [0, 0.05) is 32.5 Å². The van der Waals surface area contributed by atoms with E-state index in [0.717, 1.165) is 19.5 Å². The van der Waals surface area contributed by atoms with E-state index in [1.807, 2.05) is 28.8 Å². The van der Waals surface area contributed by atoms with E-state index < -0.39 is 0 Å². The third-order valence-electron chi connectivity index (χ3n) is 4.81. The van der Waals surface area contributed by atoms with Crippen LogP contribution >= 0.6 is 0 Å². The molecule has 0 saturated heterocycles. The van der Waals surface area contributed by atoms with Crippen LogP contribution in [0.2, 0.25) is 0 Å². The van der Waals surface area contributed by atoms with Gasteiger partial charge < -0.3 is 19.2 Å². The number of aryl methyl sites for hydroxylation is 1. The number of carbonyl (C=O) groups excluding carboxylic acids is 2. The van der Waals surface area contributed by atoms with Gasteiger partial charge in [-0.2, -0.15) is 0 Å². The Labute approximate surface area is 176 Å². The minimum atomic E-state index is -0.254. The molecule has 0 atom stereocenters. The number of furan rings is 1. The molecule has 0 spiro atoms. The van der Waals surface area contributed by atoms with Crippen LogP contribution in [0.15, 0.2) is 65.8 Å². The summed E-state index contributed by atoms with van der Waals surface area (Å²) in [7, 11) is 3.61. The molecule has 158 valence electrons. The zero-order valence-corrected chi connectivity index (χ0v) is 17.3. The molecule has 2 amide bonds. The lowest BCUT2D eigenvalue weighted by Gasteiger charge is -2.23. The molecule has 0 aliphatic carbocycles. The maximum absolute atomic E-state index is 12.8. The van der Waals surface area contributed by atoms with E-state index in [1.165, 1.54) is 4.90 Å². The number of rotatable bonds is 10. The van der Waals surface area contributed by atoms with E-state index in [2.05, 4.69) is 10.3 Å². The Bertz CT molecular complexity index is 938. The molecule has 0 saturated carbocycles. The number of imidazole rings is 1. The molecular weight excluding hydrogens is 382 g/mol. The van der Waals surface area contributed by atoms with Gasteiger partial charge in [0.25, 0.3) is 5.91 Å². The van der Waals surface area contributed by atoms with Crippen LogP contribution in [0.25, 0.3) is 0 Å². The van der Waals surface area contributed by atoms with Gasteiger partial charge in [0.1, 0.15) is 5.76 Å². The van der Waals surface area contributed by atoms with Crippen molar-refractivity contribution < 1.29 is 14.0 Å². The first kappa shape index (κ1) is 21.3. The molecule has 8 heteroatoms. The number of benzene rings is 1. The van der Waals surface area contributed by atoms with Crippen molar-refractivity contribution in [1.29, 1.82) is 0 Å². The van der Waals surface area contributed by atoms with Crippen LogP contribution in [0.3, 0.4) is 0 Å². The van der Waals surface area contributed by atoms with Crippen molar-refractivity contribution in [2.45, 2.75) is 19.5 Å². The summed E-state index contributed by atoms with van der Waals surface area (Å²) < 4.78 is 7.26. The quantitative estimate of drug-likeness (QED) is 0.556. The highest BCUT2D eigenvalue weighted by Crippen LogP contribution is 2.19. The highest BCUT2D eigenvalue weighted by Gasteiger charge is 2.19. The van der Waals surface area contributed by atoms with E-state index in [9.17, 15) is 9.59 Å². The summed E-state index contributed by atoms with van der Waals surface area (Å²) >= 11 is 0. The smallest absolute Gasteiger partial charge is 0.253 e. The molecule has 30 heavy (non-hydrogen) atoms. The lowest BCUT2D eigenvalue weighted by molar-refractivity contribution is -0.119. The first-order chi connectivity index (χ1) is 14.5. The van der Waals surface area contributed by atoms with Gasteiger partial charge in [0.15, 0.2) is 0 Å². The van der Waals surface area contributed by atoms with Crippen LogP contribution in [-0.4, -0.2) is 53.5 Å². The largest absolute Gasteiger partial charge is 0.467 e. The van der Waals surface area contributed by atoms with Gasteiger partial charge in [-0.3, -0.25) is 14.5 Å². The third kappa shape index (κ3) is 5.81. The van der Waals surface area contributed by atoms with Crippen molar-refractivity contribution in [2.75, 3.05) is 32.1 Å². The van der Waals surface area contributed by atoms with E-state index in [1.54, 1.807) is 56.2 Å². The monoisotopic (exact) mass is 409 g/mol. The molecule has 3 aromatic rings. The Morgan fingerprint density at radius 3 is 2.73 bits per heavy atom. The number of likely N-dealkylation sites (N-methyl/N-ethyl adjacent to an activating group) is 2. The zero-order chi connectivity index (χ0) is 21.3. The molecule has 0 aliphatic rings. The number of para-hydroxylation sites is 1. The minimum Gasteiger partial charge on any atom is -0.467 e. The topological polar surface area (TPSA) is 83.6 Å². The van der Waals surface area contributed by atoms with E-state index in [4.69, 9.17) is 4.42 Å². The van der Waals surface area contributed by atoms with Gasteiger partial charge in [0.2, 0.25) is 5.91 Å². The fourth-order valence-corrected chi connectivity index (χ4v) is 3.13. The number of carbonyl (C=O) groups is 2.